The summed E-state index contributed by atoms with van der Waals surface area (Å²) in [5.74, 6) is 2.08. The molecule has 1 heterocycles. The number of unbranched alkanes of at least 4 members (excludes halogenated alkanes) is 9. The molecule has 0 saturated heterocycles. The number of carbonyl (C=O) groups is 1. The Hall–Kier alpha value is -2.68. The predicted octanol–water partition coefficient (Wildman–Crippen LogP) is 5.53. The Bertz CT molecular complexity index is 807. The third-order valence-electron chi connectivity index (χ3n) is 6.58. The summed E-state index contributed by atoms with van der Waals surface area (Å²) < 4.78 is 16.9. The van der Waals surface area contributed by atoms with E-state index < -0.39 is 11.9 Å². The summed E-state index contributed by atoms with van der Waals surface area (Å²) in [6.45, 7) is 4.28. The molecular formula is C27H47N5O4. The van der Waals surface area contributed by atoms with Gasteiger partial charge in [0.05, 0.1) is 21.3 Å². The zero-order chi connectivity index (χ0) is 26.3. The van der Waals surface area contributed by atoms with Gasteiger partial charge in [0.1, 0.15) is 23.3 Å². The topological polar surface area (TPSA) is 102 Å². The van der Waals surface area contributed by atoms with Crippen LogP contribution in [-0.4, -0.2) is 44.2 Å². The number of ether oxygens (including phenoxy) is 3. The lowest BCUT2D eigenvalue weighted by Crippen LogP contribution is -2.56. The fourth-order valence-corrected chi connectivity index (χ4v) is 4.56. The number of nitrogens with one attached hydrogen (secondary N) is 1. The quantitative estimate of drug-likeness (QED) is 0.238. The van der Waals surface area contributed by atoms with E-state index in [4.69, 9.17) is 19.9 Å². The molecule has 1 atom stereocenters. The summed E-state index contributed by atoms with van der Waals surface area (Å²) >= 11 is 0. The molecule has 9 nitrogen and oxygen atoms in total. The molecule has 3 N–H and O–H groups in total. The van der Waals surface area contributed by atoms with E-state index in [1.807, 2.05) is 11.9 Å². The Morgan fingerprint density at radius 2 is 1.44 bits per heavy atom. The van der Waals surface area contributed by atoms with Gasteiger partial charge in [-0.2, -0.15) is 0 Å². The van der Waals surface area contributed by atoms with Crippen molar-refractivity contribution >= 4 is 17.4 Å². The van der Waals surface area contributed by atoms with Gasteiger partial charge >= 0.3 is 0 Å². The summed E-state index contributed by atoms with van der Waals surface area (Å²) in [6.07, 6.45) is 14.7. The first-order valence-corrected chi connectivity index (χ1v) is 13.5. The Morgan fingerprint density at radius 3 is 1.92 bits per heavy atom. The summed E-state index contributed by atoms with van der Waals surface area (Å²) in [5.41, 5.74) is 9.49. The van der Waals surface area contributed by atoms with Crippen molar-refractivity contribution in [3.05, 3.63) is 12.1 Å². The number of carbonyl (C=O) groups excluding carboxylic acids is 1. The van der Waals surface area contributed by atoms with E-state index in [1.165, 1.54) is 51.4 Å². The molecular weight excluding hydrogens is 458 g/mol. The van der Waals surface area contributed by atoms with Gasteiger partial charge < -0.3 is 19.9 Å². The molecule has 204 valence electrons. The molecule has 0 saturated carbocycles. The molecule has 1 aliphatic rings. The fourth-order valence-electron chi connectivity index (χ4n) is 4.56. The van der Waals surface area contributed by atoms with Crippen LogP contribution in [0.1, 0.15) is 97.3 Å². The second-order valence-electron chi connectivity index (χ2n) is 9.30. The van der Waals surface area contributed by atoms with E-state index in [9.17, 15) is 4.79 Å². The van der Waals surface area contributed by atoms with Gasteiger partial charge in [0.15, 0.2) is 11.5 Å². The molecule has 1 aromatic rings. The summed E-state index contributed by atoms with van der Waals surface area (Å²) in [4.78, 5) is 12.4. The van der Waals surface area contributed by atoms with Gasteiger partial charge in [-0.05, 0) is 12.8 Å². The molecule has 1 amide bonds. The molecule has 1 aromatic carbocycles. The number of amidine groups is 1. The van der Waals surface area contributed by atoms with Crippen molar-refractivity contribution in [3.63, 3.8) is 0 Å². The van der Waals surface area contributed by atoms with E-state index in [1.54, 1.807) is 38.6 Å². The van der Waals surface area contributed by atoms with Crippen LogP contribution in [-0.2, 0) is 4.79 Å². The highest BCUT2D eigenvalue weighted by Crippen LogP contribution is 2.43. The average molecular weight is 506 g/mol. The van der Waals surface area contributed by atoms with Gasteiger partial charge in [0.2, 0.25) is 5.91 Å². The molecule has 36 heavy (non-hydrogen) atoms. The SMILES string of the molecule is CCCCCCCCCCCCC1=NNN(C(CCC)C(N)=O)N1c1c(OC)cc(OC)cc1OC. The lowest BCUT2D eigenvalue weighted by molar-refractivity contribution is -0.124. The van der Waals surface area contributed by atoms with Crippen LogP contribution in [0.2, 0.25) is 0 Å². The highest BCUT2D eigenvalue weighted by Gasteiger charge is 2.38. The Morgan fingerprint density at radius 1 is 0.889 bits per heavy atom. The molecule has 1 aliphatic heterocycles. The number of hydrogen-bond acceptors (Lipinski definition) is 8. The maximum Gasteiger partial charge on any atom is 0.238 e. The number of amides is 1. The van der Waals surface area contributed by atoms with Crippen LogP contribution in [0.25, 0.3) is 0 Å². The molecule has 9 heteroatoms. The van der Waals surface area contributed by atoms with Gasteiger partial charge in [0.25, 0.3) is 0 Å². The van der Waals surface area contributed by atoms with Crippen molar-refractivity contribution < 1.29 is 19.0 Å². The third-order valence-corrected chi connectivity index (χ3v) is 6.58. The Balaban J connectivity index is 2.15. The maximum atomic E-state index is 12.4. The molecule has 0 radical (unpaired) electrons. The van der Waals surface area contributed by atoms with Crippen LogP contribution in [0.5, 0.6) is 17.2 Å². The van der Waals surface area contributed by atoms with Crippen LogP contribution in [0.3, 0.4) is 0 Å². The van der Waals surface area contributed by atoms with Crippen LogP contribution < -0.4 is 30.5 Å². The van der Waals surface area contributed by atoms with Gasteiger partial charge in [-0.1, -0.05) is 83.2 Å². The first-order chi connectivity index (χ1) is 17.5. The van der Waals surface area contributed by atoms with Crippen molar-refractivity contribution in [1.29, 1.82) is 0 Å². The van der Waals surface area contributed by atoms with Crippen LogP contribution in [0.15, 0.2) is 17.2 Å². The van der Waals surface area contributed by atoms with Crippen molar-refractivity contribution in [2.24, 2.45) is 10.8 Å². The number of nitrogens with zero attached hydrogens (tertiary/aromatic N) is 3. The van der Waals surface area contributed by atoms with E-state index >= 15 is 0 Å². The van der Waals surface area contributed by atoms with E-state index in [0.29, 0.717) is 29.4 Å². The number of hydrazone groups is 1. The number of nitrogens with two attached hydrogens (primary N) is 1. The van der Waals surface area contributed by atoms with Crippen molar-refractivity contribution in [3.8, 4) is 17.2 Å². The molecule has 0 aliphatic carbocycles. The van der Waals surface area contributed by atoms with Crippen molar-refractivity contribution in [2.45, 2.75) is 103 Å². The molecule has 0 bridgehead atoms. The lowest BCUT2D eigenvalue weighted by Gasteiger charge is -2.35. The number of primary amides is 1. The standard InChI is InChI=1S/C27H47N5O4/c1-6-8-9-10-11-12-13-14-15-16-18-25-29-30-32(22(17-7-2)27(28)33)31(25)26-23(35-4)19-21(34-3)20-24(26)36-5/h19-20,22,30H,6-18H2,1-5H3,(H2,28,33). The van der Waals surface area contributed by atoms with Crippen LogP contribution in [0, 0.1) is 0 Å². The van der Waals surface area contributed by atoms with E-state index in [2.05, 4.69) is 17.6 Å². The predicted molar refractivity (Wildman–Crippen MR) is 145 cm³/mol. The van der Waals surface area contributed by atoms with E-state index in [-0.39, 0.29) is 0 Å². The average Bonchev–Trinajstić information content (AvgIpc) is 3.29. The number of rotatable bonds is 19. The largest absolute Gasteiger partial charge is 0.496 e. The smallest absolute Gasteiger partial charge is 0.238 e. The molecule has 0 spiro atoms. The highest BCUT2D eigenvalue weighted by atomic mass is 16.5. The Kier molecular flexibility index (Phi) is 13.2. The molecule has 0 aromatic heterocycles. The van der Waals surface area contributed by atoms with Gasteiger partial charge in [-0.15, -0.1) is 5.10 Å². The molecule has 1 unspecified atom stereocenters. The van der Waals surface area contributed by atoms with Crippen molar-refractivity contribution in [2.75, 3.05) is 26.3 Å². The minimum atomic E-state index is -0.583. The molecule has 0 fully saturated rings. The zero-order valence-corrected chi connectivity index (χ0v) is 23.0. The summed E-state index contributed by atoms with van der Waals surface area (Å²) in [6, 6.07) is 3.01. The first-order valence-electron chi connectivity index (χ1n) is 13.5. The van der Waals surface area contributed by atoms with Gasteiger partial charge in [-0.3, -0.25) is 4.79 Å². The number of methoxy groups -OCH3 is 3. The van der Waals surface area contributed by atoms with Gasteiger partial charge in [0, 0.05) is 18.6 Å². The first kappa shape index (κ1) is 29.5. The highest BCUT2D eigenvalue weighted by molar-refractivity contribution is 6.01. The minimum Gasteiger partial charge on any atom is -0.496 e. The monoisotopic (exact) mass is 505 g/mol. The van der Waals surface area contributed by atoms with Crippen LogP contribution >= 0.6 is 0 Å². The van der Waals surface area contributed by atoms with Crippen LogP contribution in [0.4, 0.5) is 5.69 Å². The minimum absolute atomic E-state index is 0.420. The number of hydrazine groups is 2. The normalized spacial score (nSPS) is 14.4. The fraction of sp³-hybridized carbons (Fsp3) is 0.704. The number of benzene rings is 1. The third kappa shape index (κ3) is 8.18. The second-order valence-corrected chi connectivity index (χ2v) is 9.30. The zero-order valence-electron chi connectivity index (χ0n) is 23.0. The summed E-state index contributed by atoms with van der Waals surface area (Å²) in [5, 5.41) is 8.18. The lowest BCUT2D eigenvalue weighted by atomic mass is 10.1. The molecule has 2 rings (SSSR count). The number of anilines is 1. The second kappa shape index (κ2) is 16.1. The van der Waals surface area contributed by atoms with Gasteiger partial charge in [-0.25, -0.2) is 10.5 Å². The maximum absolute atomic E-state index is 12.4. The Labute approximate surface area is 217 Å². The van der Waals surface area contributed by atoms with E-state index in [0.717, 1.165) is 31.5 Å². The van der Waals surface area contributed by atoms with Crippen molar-refractivity contribution in [1.82, 2.24) is 10.7 Å². The summed E-state index contributed by atoms with van der Waals surface area (Å²) in [7, 11) is 4.80. The number of hydrogen-bond donors (Lipinski definition) is 2.